The molecule has 1 aliphatic heterocycles. The maximum atomic E-state index is 9.01. The number of piperidine rings is 1. The Balaban J connectivity index is 2.02. The molecule has 0 aromatic rings. The summed E-state index contributed by atoms with van der Waals surface area (Å²) in [6, 6.07) is 0. The Labute approximate surface area is 96.9 Å². The Morgan fingerprint density at radius 2 is 2.00 bits per heavy atom. The summed E-state index contributed by atoms with van der Waals surface area (Å²) in [5.74, 6) is 0.826. The van der Waals surface area contributed by atoms with E-state index in [0.717, 1.165) is 45.3 Å². The summed E-state index contributed by atoms with van der Waals surface area (Å²) in [5, 5.41) is 20.3. The first kappa shape index (κ1) is 13.3. The van der Waals surface area contributed by atoms with Gasteiger partial charge >= 0.3 is 0 Å². The molecule has 0 aromatic heterocycles. The third-order valence-electron chi connectivity index (χ3n) is 3.25. The zero-order valence-corrected chi connectivity index (χ0v) is 9.81. The van der Waals surface area contributed by atoms with Crippen molar-refractivity contribution in [1.29, 1.82) is 0 Å². The summed E-state index contributed by atoms with van der Waals surface area (Å²) in [4.78, 5) is 2.43. The Morgan fingerprint density at radius 3 is 2.56 bits per heavy atom. The summed E-state index contributed by atoms with van der Waals surface area (Å²) in [5.41, 5.74) is 5.39. The lowest BCUT2D eigenvalue weighted by Gasteiger charge is -2.30. The molecule has 0 unspecified atom stereocenters. The number of likely N-dealkylation sites (tertiary alicyclic amines) is 1. The quantitative estimate of drug-likeness (QED) is 0.205. The summed E-state index contributed by atoms with van der Waals surface area (Å²) < 4.78 is 0. The van der Waals surface area contributed by atoms with E-state index in [1.165, 1.54) is 0 Å². The topological polar surface area (TPSA) is 82.1 Å². The van der Waals surface area contributed by atoms with E-state index in [0.29, 0.717) is 24.8 Å². The minimum Gasteiger partial charge on any atom is -0.409 e. The van der Waals surface area contributed by atoms with Gasteiger partial charge in [0, 0.05) is 13.0 Å². The van der Waals surface area contributed by atoms with Gasteiger partial charge in [-0.3, -0.25) is 0 Å². The Morgan fingerprint density at radius 1 is 1.31 bits per heavy atom. The van der Waals surface area contributed by atoms with Crippen LogP contribution in [0.1, 0.15) is 32.1 Å². The van der Waals surface area contributed by atoms with Crippen LogP contribution in [0.4, 0.5) is 0 Å². The predicted octanol–water partition coefficient (Wildman–Crippen LogP) is 0.607. The summed E-state index contributed by atoms with van der Waals surface area (Å²) >= 11 is 0. The van der Waals surface area contributed by atoms with E-state index in [1.54, 1.807) is 0 Å². The third-order valence-corrected chi connectivity index (χ3v) is 3.25. The highest BCUT2D eigenvalue weighted by atomic mass is 16.4. The summed E-state index contributed by atoms with van der Waals surface area (Å²) in [6.07, 6.45) is 4.94. The maximum Gasteiger partial charge on any atom is 0.139 e. The number of amidine groups is 1. The second-order valence-corrected chi connectivity index (χ2v) is 4.52. The van der Waals surface area contributed by atoms with Gasteiger partial charge in [-0.05, 0) is 51.2 Å². The van der Waals surface area contributed by atoms with Gasteiger partial charge in [0.1, 0.15) is 5.84 Å². The minimum atomic E-state index is 0.319. The van der Waals surface area contributed by atoms with Crippen molar-refractivity contribution in [3.63, 3.8) is 0 Å². The average molecular weight is 229 g/mol. The largest absolute Gasteiger partial charge is 0.409 e. The molecule has 5 nitrogen and oxygen atoms in total. The van der Waals surface area contributed by atoms with Crippen molar-refractivity contribution < 1.29 is 10.3 Å². The molecule has 0 radical (unpaired) electrons. The van der Waals surface area contributed by atoms with Gasteiger partial charge in [0.15, 0.2) is 0 Å². The highest BCUT2D eigenvalue weighted by Crippen LogP contribution is 2.16. The lowest BCUT2D eigenvalue weighted by Crippen LogP contribution is -2.35. The van der Waals surface area contributed by atoms with Crippen LogP contribution in [0.5, 0.6) is 0 Å². The third kappa shape index (κ3) is 4.81. The number of oxime groups is 1. The molecular formula is C11H23N3O2. The highest BCUT2D eigenvalue weighted by Gasteiger charge is 2.17. The Kier molecular flexibility index (Phi) is 6.18. The van der Waals surface area contributed by atoms with Gasteiger partial charge < -0.3 is 20.9 Å². The summed E-state index contributed by atoms with van der Waals surface area (Å²) in [6.45, 7) is 3.60. The molecule has 0 amide bonds. The number of unbranched alkanes of at least 4 members (excludes halogenated alkanes) is 1. The van der Waals surface area contributed by atoms with E-state index >= 15 is 0 Å². The first-order valence-corrected chi connectivity index (χ1v) is 6.06. The molecule has 1 fully saturated rings. The molecule has 0 spiro atoms. The predicted molar refractivity (Wildman–Crippen MR) is 63.5 cm³/mol. The van der Waals surface area contributed by atoms with Crippen molar-refractivity contribution in [2.45, 2.75) is 32.1 Å². The van der Waals surface area contributed by atoms with Crippen LogP contribution in [0.25, 0.3) is 0 Å². The zero-order valence-electron chi connectivity index (χ0n) is 9.81. The van der Waals surface area contributed by atoms with E-state index < -0.39 is 0 Å². The van der Waals surface area contributed by atoms with Gasteiger partial charge in [0.25, 0.3) is 0 Å². The lowest BCUT2D eigenvalue weighted by atomic mass is 9.98. The number of hydrogen-bond acceptors (Lipinski definition) is 4. The normalized spacial score (nSPS) is 20.2. The number of aliphatic hydroxyl groups is 1. The minimum absolute atomic E-state index is 0.319. The molecule has 1 heterocycles. The molecule has 94 valence electrons. The number of rotatable bonds is 6. The first-order valence-electron chi connectivity index (χ1n) is 6.06. The molecule has 0 atom stereocenters. The molecule has 1 saturated heterocycles. The fourth-order valence-corrected chi connectivity index (χ4v) is 2.08. The molecule has 1 aliphatic rings. The molecule has 0 saturated carbocycles. The van der Waals surface area contributed by atoms with Gasteiger partial charge in [-0.2, -0.15) is 0 Å². The highest BCUT2D eigenvalue weighted by molar-refractivity contribution is 5.79. The van der Waals surface area contributed by atoms with E-state index in [1.807, 2.05) is 0 Å². The van der Waals surface area contributed by atoms with E-state index in [9.17, 15) is 0 Å². The molecule has 4 N–H and O–H groups in total. The molecule has 0 bridgehead atoms. The van der Waals surface area contributed by atoms with Crippen molar-refractivity contribution in [3.8, 4) is 0 Å². The zero-order chi connectivity index (χ0) is 11.8. The van der Waals surface area contributed by atoms with Crippen molar-refractivity contribution in [2.24, 2.45) is 16.8 Å². The Bertz CT molecular complexity index is 213. The maximum absolute atomic E-state index is 9.01. The van der Waals surface area contributed by atoms with Gasteiger partial charge in [-0.25, -0.2) is 0 Å². The van der Waals surface area contributed by atoms with Crippen molar-refractivity contribution >= 4 is 5.84 Å². The van der Waals surface area contributed by atoms with Crippen molar-refractivity contribution in [3.05, 3.63) is 0 Å². The van der Waals surface area contributed by atoms with E-state index in [4.69, 9.17) is 16.0 Å². The monoisotopic (exact) mass is 229 g/mol. The van der Waals surface area contributed by atoms with E-state index in [2.05, 4.69) is 10.1 Å². The second kappa shape index (κ2) is 7.46. The average Bonchev–Trinajstić information content (AvgIpc) is 2.35. The molecule has 0 aliphatic carbocycles. The van der Waals surface area contributed by atoms with E-state index in [-0.39, 0.29) is 0 Å². The van der Waals surface area contributed by atoms with Gasteiger partial charge in [-0.1, -0.05) is 5.16 Å². The Hall–Kier alpha value is -0.810. The SMILES string of the molecule is N/C(CCCCN1CCC(CO)CC1)=N/O. The number of hydrogen-bond donors (Lipinski definition) is 3. The van der Waals surface area contributed by atoms with Gasteiger partial charge in [-0.15, -0.1) is 0 Å². The van der Waals surface area contributed by atoms with Gasteiger partial charge in [0.05, 0.1) is 0 Å². The van der Waals surface area contributed by atoms with Crippen LogP contribution in [0.2, 0.25) is 0 Å². The number of nitrogens with two attached hydrogens (primary N) is 1. The number of nitrogens with zero attached hydrogens (tertiary/aromatic N) is 2. The van der Waals surface area contributed by atoms with Gasteiger partial charge in [0.2, 0.25) is 0 Å². The van der Waals surface area contributed by atoms with Crippen LogP contribution in [0.3, 0.4) is 0 Å². The second-order valence-electron chi connectivity index (χ2n) is 4.52. The van der Waals surface area contributed by atoms with Crippen LogP contribution in [-0.2, 0) is 0 Å². The van der Waals surface area contributed by atoms with Crippen LogP contribution < -0.4 is 5.73 Å². The fraction of sp³-hybridized carbons (Fsp3) is 0.909. The lowest BCUT2D eigenvalue weighted by molar-refractivity contribution is 0.130. The molecule has 1 rings (SSSR count). The number of aliphatic hydroxyl groups excluding tert-OH is 1. The van der Waals surface area contributed by atoms with Crippen molar-refractivity contribution in [1.82, 2.24) is 4.90 Å². The molecule has 0 aromatic carbocycles. The molecule has 16 heavy (non-hydrogen) atoms. The smallest absolute Gasteiger partial charge is 0.139 e. The van der Waals surface area contributed by atoms with Crippen LogP contribution >= 0.6 is 0 Å². The van der Waals surface area contributed by atoms with Crippen LogP contribution in [-0.4, -0.2) is 47.3 Å². The van der Waals surface area contributed by atoms with Crippen LogP contribution in [0.15, 0.2) is 5.16 Å². The fourth-order valence-electron chi connectivity index (χ4n) is 2.08. The standard InChI is InChI=1S/C11H23N3O2/c12-11(13-16)3-1-2-6-14-7-4-10(9-15)5-8-14/h10,15-16H,1-9H2,(H2,12,13). The van der Waals surface area contributed by atoms with Crippen LogP contribution in [0, 0.1) is 5.92 Å². The first-order chi connectivity index (χ1) is 7.76. The summed E-state index contributed by atoms with van der Waals surface area (Å²) in [7, 11) is 0. The molecule has 5 heteroatoms. The molecular weight excluding hydrogens is 206 g/mol. The van der Waals surface area contributed by atoms with Crippen molar-refractivity contribution in [2.75, 3.05) is 26.2 Å².